The Bertz CT molecular complexity index is 394. The molecule has 1 fully saturated rings. The standard InChI is InChI=1S/C13H20N2O4/c1-6-10-9-14(11(16)18-5)7-8-15(10)12(17)19-13(2,3)4/h1,10H,7-9H2,2-5H3. The Labute approximate surface area is 113 Å². The number of hydrogen-bond acceptors (Lipinski definition) is 4. The molecule has 6 nitrogen and oxygen atoms in total. The van der Waals surface area contributed by atoms with E-state index in [2.05, 4.69) is 10.7 Å². The molecule has 0 aromatic carbocycles. The number of nitrogens with zero attached hydrogens (tertiary/aromatic N) is 2. The molecule has 6 heteroatoms. The molecule has 0 aromatic rings. The number of carbonyl (C=O) groups is 2. The van der Waals surface area contributed by atoms with Gasteiger partial charge in [-0.15, -0.1) is 6.42 Å². The topological polar surface area (TPSA) is 59.1 Å². The van der Waals surface area contributed by atoms with Gasteiger partial charge in [0.2, 0.25) is 0 Å². The minimum atomic E-state index is -0.574. The third-order valence-electron chi connectivity index (χ3n) is 2.63. The molecule has 1 heterocycles. The fourth-order valence-electron chi connectivity index (χ4n) is 1.76. The van der Waals surface area contributed by atoms with Crippen LogP contribution in [-0.2, 0) is 9.47 Å². The highest BCUT2D eigenvalue weighted by Gasteiger charge is 2.34. The number of methoxy groups -OCH3 is 1. The highest BCUT2D eigenvalue weighted by molar-refractivity contribution is 5.71. The summed E-state index contributed by atoms with van der Waals surface area (Å²) in [6.45, 7) is 6.34. The summed E-state index contributed by atoms with van der Waals surface area (Å²) in [5.41, 5.74) is -0.574. The summed E-state index contributed by atoms with van der Waals surface area (Å²) in [4.78, 5) is 26.4. The molecule has 1 rings (SSSR count). The smallest absolute Gasteiger partial charge is 0.411 e. The van der Waals surface area contributed by atoms with E-state index in [1.165, 1.54) is 16.9 Å². The van der Waals surface area contributed by atoms with Crippen molar-refractivity contribution in [1.82, 2.24) is 9.80 Å². The summed E-state index contributed by atoms with van der Waals surface area (Å²) in [6.07, 6.45) is 4.52. The number of ether oxygens (including phenoxy) is 2. The highest BCUT2D eigenvalue weighted by Crippen LogP contribution is 2.16. The second-order valence-corrected chi connectivity index (χ2v) is 5.27. The minimum Gasteiger partial charge on any atom is -0.453 e. The zero-order valence-electron chi connectivity index (χ0n) is 11.8. The van der Waals surface area contributed by atoms with Crippen molar-refractivity contribution in [2.45, 2.75) is 32.4 Å². The van der Waals surface area contributed by atoms with E-state index < -0.39 is 23.8 Å². The first-order valence-electron chi connectivity index (χ1n) is 6.07. The molecule has 0 aliphatic carbocycles. The molecule has 0 N–H and O–H groups in total. The highest BCUT2D eigenvalue weighted by atomic mass is 16.6. The van der Waals surface area contributed by atoms with Crippen molar-refractivity contribution in [3.05, 3.63) is 0 Å². The second-order valence-electron chi connectivity index (χ2n) is 5.27. The average molecular weight is 268 g/mol. The van der Waals surface area contributed by atoms with E-state index in [0.717, 1.165) is 0 Å². The van der Waals surface area contributed by atoms with Crippen LogP contribution in [0.15, 0.2) is 0 Å². The van der Waals surface area contributed by atoms with E-state index in [9.17, 15) is 9.59 Å². The molecule has 0 saturated carbocycles. The van der Waals surface area contributed by atoms with Crippen molar-refractivity contribution in [3.63, 3.8) is 0 Å². The molecule has 1 aliphatic heterocycles. The fraction of sp³-hybridized carbons (Fsp3) is 0.692. The number of terminal acetylenes is 1. The minimum absolute atomic E-state index is 0.252. The predicted molar refractivity (Wildman–Crippen MR) is 69.5 cm³/mol. The molecule has 19 heavy (non-hydrogen) atoms. The SMILES string of the molecule is C#CC1CN(C(=O)OC)CCN1C(=O)OC(C)(C)C. The number of amides is 2. The summed E-state index contributed by atoms with van der Waals surface area (Å²) >= 11 is 0. The Morgan fingerprint density at radius 2 is 1.89 bits per heavy atom. The van der Waals surface area contributed by atoms with Crippen LogP contribution in [0, 0.1) is 12.3 Å². The van der Waals surface area contributed by atoms with E-state index in [-0.39, 0.29) is 6.54 Å². The van der Waals surface area contributed by atoms with Gasteiger partial charge in [0.1, 0.15) is 11.6 Å². The molecule has 1 aliphatic rings. The Morgan fingerprint density at radius 3 is 2.37 bits per heavy atom. The average Bonchev–Trinajstić information content (AvgIpc) is 2.34. The number of hydrogen-bond donors (Lipinski definition) is 0. The third kappa shape index (κ3) is 4.05. The Hall–Kier alpha value is -1.90. The Balaban J connectivity index is 2.70. The zero-order valence-corrected chi connectivity index (χ0v) is 11.8. The van der Waals surface area contributed by atoms with Gasteiger partial charge in [-0.05, 0) is 20.8 Å². The lowest BCUT2D eigenvalue weighted by Crippen LogP contribution is -2.56. The molecule has 0 bridgehead atoms. The van der Waals surface area contributed by atoms with Gasteiger partial charge in [-0.1, -0.05) is 5.92 Å². The van der Waals surface area contributed by atoms with Gasteiger partial charge >= 0.3 is 12.2 Å². The van der Waals surface area contributed by atoms with Crippen molar-refractivity contribution in [2.75, 3.05) is 26.7 Å². The van der Waals surface area contributed by atoms with Gasteiger partial charge in [0.05, 0.1) is 13.7 Å². The molecular formula is C13H20N2O4. The fourth-order valence-corrected chi connectivity index (χ4v) is 1.76. The second kappa shape index (κ2) is 5.83. The monoisotopic (exact) mass is 268 g/mol. The van der Waals surface area contributed by atoms with Crippen LogP contribution in [0.2, 0.25) is 0 Å². The van der Waals surface area contributed by atoms with E-state index in [1.807, 2.05) is 0 Å². The predicted octanol–water partition coefficient (Wildman–Crippen LogP) is 1.31. The van der Waals surface area contributed by atoms with Crippen LogP contribution in [0.4, 0.5) is 9.59 Å². The van der Waals surface area contributed by atoms with Crippen LogP contribution in [0.5, 0.6) is 0 Å². The quantitative estimate of drug-likeness (QED) is 0.621. The number of rotatable bonds is 0. The lowest BCUT2D eigenvalue weighted by molar-refractivity contribution is 0.00652. The largest absolute Gasteiger partial charge is 0.453 e. The summed E-state index contributed by atoms with van der Waals surface area (Å²) in [6, 6.07) is -0.498. The van der Waals surface area contributed by atoms with Gasteiger partial charge in [-0.3, -0.25) is 4.90 Å². The van der Waals surface area contributed by atoms with Crippen LogP contribution in [0.1, 0.15) is 20.8 Å². The first-order valence-corrected chi connectivity index (χ1v) is 6.07. The van der Waals surface area contributed by atoms with E-state index >= 15 is 0 Å². The van der Waals surface area contributed by atoms with Gasteiger partial charge in [0, 0.05) is 13.1 Å². The molecule has 0 radical (unpaired) electrons. The van der Waals surface area contributed by atoms with Crippen LogP contribution in [-0.4, -0.2) is 60.4 Å². The molecule has 1 saturated heterocycles. The van der Waals surface area contributed by atoms with Gasteiger partial charge in [-0.25, -0.2) is 9.59 Å². The summed E-state index contributed by atoms with van der Waals surface area (Å²) in [5.74, 6) is 2.51. The first-order chi connectivity index (χ1) is 8.78. The van der Waals surface area contributed by atoms with Gasteiger partial charge in [0.15, 0.2) is 0 Å². The number of piperazine rings is 1. The van der Waals surface area contributed by atoms with Gasteiger partial charge < -0.3 is 14.4 Å². The van der Waals surface area contributed by atoms with Crippen LogP contribution in [0.3, 0.4) is 0 Å². The normalized spacial score (nSPS) is 19.6. The van der Waals surface area contributed by atoms with Crippen molar-refractivity contribution < 1.29 is 19.1 Å². The first kappa shape index (κ1) is 15.2. The van der Waals surface area contributed by atoms with Crippen molar-refractivity contribution in [3.8, 4) is 12.3 Å². The van der Waals surface area contributed by atoms with Gasteiger partial charge in [0.25, 0.3) is 0 Å². The number of carbonyl (C=O) groups excluding carboxylic acids is 2. The molecule has 0 aromatic heterocycles. The van der Waals surface area contributed by atoms with Gasteiger partial charge in [-0.2, -0.15) is 0 Å². The van der Waals surface area contributed by atoms with E-state index in [4.69, 9.17) is 11.2 Å². The summed E-state index contributed by atoms with van der Waals surface area (Å²) in [7, 11) is 1.31. The zero-order chi connectivity index (χ0) is 14.6. The molecular weight excluding hydrogens is 248 g/mol. The molecule has 2 amide bonds. The maximum atomic E-state index is 12.0. The molecule has 1 atom stereocenters. The summed E-state index contributed by atoms with van der Waals surface area (Å²) in [5, 5.41) is 0. The maximum absolute atomic E-state index is 12.0. The summed E-state index contributed by atoms with van der Waals surface area (Å²) < 4.78 is 9.93. The Kier molecular flexibility index (Phi) is 4.65. The van der Waals surface area contributed by atoms with E-state index in [0.29, 0.717) is 13.1 Å². The molecule has 1 unspecified atom stereocenters. The lowest BCUT2D eigenvalue weighted by Gasteiger charge is -2.38. The third-order valence-corrected chi connectivity index (χ3v) is 2.63. The van der Waals surface area contributed by atoms with Crippen LogP contribution < -0.4 is 0 Å². The maximum Gasteiger partial charge on any atom is 0.411 e. The van der Waals surface area contributed by atoms with Crippen molar-refractivity contribution in [2.24, 2.45) is 0 Å². The Morgan fingerprint density at radius 1 is 1.26 bits per heavy atom. The molecule has 0 spiro atoms. The van der Waals surface area contributed by atoms with Crippen LogP contribution >= 0.6 is 0 Å². The molecule has 106 valence electrons. The van der Waals surface area contributed by atoms with Crippen LogP contribution in [0.25, 0.3) is 0 Å². The van der Waals surface area contributed by atoms with Crippen molar-refractivity contribution in [1.29, 1.82) is 0 Å². The lowest BCUT2D eigenvalue weighted by atomic mass is 10.2. The van der Waals surface area contributed by atoms with Crippen molar-refractivity contribution >= 4 is 12.2 Å². The van der Waals surface area contributed by atoms with E-state index in [1.54, 1.807) is 20.8 Å².